The first kappa shape index (κ1) is 121. The number of thiol groups is 5. The standard InChI is InChI=1S/C29H36FNO2.C28H32FNO2.C28H34FNO.C18H24FNO.C10H12.2CH3IS.CH4S.2HI.2H2S.2V/c1-6-26-18(3)17(2)19(4)29(33-26)31-16-23(27-24(30)8-7-9-25(27)31)28(32-5)22-14-12-21(13-15-22)20-10-11-20;1-5-25-17(3)16(2)18(4)28(32-25)30-15-22(26-23(29)7-6-8-24(26)30)27(31)21-13-11-20(12-14-21)19-9-10-19;1-5-26-18(3)17(2)19(4)28(31-26)30-16-23(27-24(29)7-6-8-25(27)30)15-20-9-11-21(12-10-20)22-13-14-22;1-5-17-12(3)11(2)13(4)18(21-17)20-10-9-14-15(19)7-6-8-16(14)20;1-8-2-4-9(5-3-8)10-6-7-10;2*2-1-3;1-2;;;;;;/h7-9,12-20,26,28-29H,6,10-11H2,1-5H3;6-8,11-19,25,28H,5,9-10H2,1-4H3;6-12,16-19,22,26,28H,5,13-15H2,1-4H3;6-13,17-18H,5H2,1-4H3;2-5,10H,6-7H2,1H3;2*3H,1H2;2H,1H3;2*1H;2*1H2;;/q;;;;;;;;;;;;;+2/p-4/t17-,18-,19+,26+,28?,29+;16-,17-,18+,25+,28+;17-,18-,19+,26+,28+;11-,12-,13+,17+,18+;;;;;;;;;;/m0000........../s1. The zero-order valence-electron chi connectivity index (χ0n) is 85.5. The molecule has 0 N–H and O–H groups in total. The summed E-state index contributed by atoms with van der Waals surface area (Å²) in [6.45, 7) is 38.2. The number of ketones is 1. The van der Waals surface area contributed by atoms with Crippen LogP contribution in [-0.2, 0) is 85.1 Å². The van der Waals surface area contributed by atoms with Crippen LogP contribution in [0.1, 0.15) is 309 Å². The molecule has 0 spiro atoms. The van der Waals surface area contributed by atoms with Crippen LogP contribution in [0.4, 0.5) is 17.6 Å². The zero-order chi connectivity index (χ0) is 99.8. The third-order valence-electron chi connectivity index (χ3n) is 31.8. The number of carbonyl (C=O) groups is 1. The predicted molar refractivity (Wildman–Crippen MR) is 624 cm³/mol. The number of nitrogens with zero attached hydrogens (tertiary/aromatic N) is 4. The van der Waals surface area contributed by atoms with E-state index in [1.54, 1.807) is 43.7 Å². The van der Waals surface area contributed by atoms with Crippen molar-refractivity contribution in [3.05, 3.63) is 285 Å². The fraction of sp³-hybridized carbons (Fsp3) is 0.509. The Balaban J connectivity index is 0.000000196. The van der Waals surface area contributed by atoms with Gasteiger partial charge in [-0.25, -0.2) is 17.6 Å². The predicted octanol–water partition coefficient (Wildman–Crippen LogP) is 34.4. The molecule has 4 aliphatic heterocycles. The Labute approximate surface area is 938 Å². The molecule has 8 aromatic carbocycles. The quantitative estimate of drug-likeness (QED) is 0.0184. The molecule has 768 valence electrons. The van der Waals surface area contributed by atoms with Gasteiger partial charge in [0.25, 0.3) is 0 Å². The van der Waals surface area contributed by atoms with E-state index in [-0.39, 0.29) is 136 Å². The average molecular weight is 2540 g/mol. The molecule has 4 saturated carbocycles. The first-order chi connectivity index (χ1) is 66.5. The molecule has 4 aliphatic carbocycles. The van der Waals surface area contributed by atoms with Crippen LogP contribution in [0.5, 0.6) is 0 Å². The third-order valence-corrected chi connectivity index (χ3v) is 31.8. The zero-order valence-corrected chi connectivity index (χ0v) is 101. The summed E-state index contributed by atoms with van der Waals surface area (Å²) in [5.41, 5.74) is 15.7. The van der Waals surface area contributed by atoms with Gasteiger partial charge in [-0.05, 0) is 261 Å². The fourth-order valence-corrected chi connectivity index (χ4v) is 21.7. The molecule has 25 heteroatoms. The first-order valence-corrected chi connectivity index (χ1v) is 64.6. The number of hydrogen-bond donors (Lipinski definition) is 3. The minimum atomic E-state index is -0.365. The topological polar surface area (TPSA) is 82.9 Å². The molecular formula is C116H150F4I4N4O6S5V2-2. The summed E-state index contributed by atoms with van der Waals surface area (Å²) in [7, 11) is 2.34. The second-order valence-electron chi connectivity index (χ2n) is 40.0. The number of carbonyl (C=O) groups excluding carboxylic acids is 1. The SMILES string of the molecule is CC[C@H]1O[C@@H](n2cc(C(=O)c3ccc(C4CC4)cc3)c3c(F)cccc32)[C@H](C)[C@@H](C)[C@@H]1C.CC[C@H]1O[C@@H](n2cc(C(OC)c3ccc(C4CC4)cc3)c3c(F)cccc32)[C@H](C)[C@@H](C)[C@@H]1C.CC[C@H]1O[C@@H](n2cc(Cc3ccc(C4CC4)cc3)c3c(F)cccc32)[C@H](C)[C@@H](C)[C@@H]1C.CC[C@H]1O[C@@H](n2ccc3c(F)cccc32)[C@H](C)[C@@H](C)[C@@H]1C.CS.Cc1ccc(C2CC2)cc1.SCI.SCI.[I][V][I].[SH-].[SH-].[V]. The fourth-order valence-electron chi connectivity index (χ4n) is 21.7. The molecule has 10 nitrogen and oxygen atoms in total. The van der Waals surface area contributed by atoms with Crippen LogP contribution < -0.4 is 0 Å². The molecule has 1 unspecified atom stereocenters. The third kappa shape index (κ3) is 29.3. The number of halogens is 8. The molecule has 8 aliphatic rings. The minimum absolute atomic E-state index is 0. The van der Waals surface area contributed by atoms with Crippen molar-refractivity contribution >= 4 is 199 Å². The average Bonchev–Trinajstić information content (AvgIpc) is 1.60. The van der Waals surface area contributed by atoms with E-state index in [0.717, 1.165) is 95.6 Å². The van der Waals surface area contributed by atoms with Crippen LogP contribution in [-0.4, -0.2) is 69.4 Å². The first-order valence-electron chi connectivity index (χ1n) is 50.3. The number of aromatic nitrogens is 4. The van der Waals surface area contributed by atoms with Crippen LogP contribution in [0.15, 0.2) is 201 Å². The van der Waals surface area contributed by atoms with Crippen LogP contribution in [0.2, 0.25) is 0 Å². The van der Waals surface area contributed by atoms with Gasteiger partial charge in [0.1, 0.15) is 54.3 Å². The normalized spacial score (nSPS) is 26.1. The van der Waals surface area contributed by atoms with Crippen molar-refractivity contribution in [1.82, 2.24) is 18.3 Å². The number of hydrogen-bond acceptors (Lipinski definition) is 11. The van der Waals surface area contributed by atoms with E-state index >= 15 is 13.2 Å². The van der Waals surface area contributed by atoms with E-state index in [1.807, 2.05) is 77.6 Å². The van der Waals surface area contributed by atoms with Crippen molar-refractivity contribution in [1.29, 1.82) is 0 Å². The largest absolute Gasteiger partial charge is 0.813 e. The Morgan fingerprint density at radius 2 is 0.723 bits per heavy atom. The van der Waals surface area contributed by atoms with Gasteiger partial charge in [0.2, 0.25) is 0 Å². The van der Waals surface area contributed by atoms with Crippen molar-refractivity contribution in [2.24, 2.45) is 71.0 Å². The summed E-state index contributed by atoms with van der Waals surface area (Å²) in [6, 6.07) is 57.3. The van der Waals surface area contributed by atoms with E-state index in [1.165, 1.54) is 96.9 Å². The van der Waals surface area contributed by atoms with Gasteiger partial charge in [-0.3, -0.25) is 4.79 Å². The van der Waals surface area contributed by atoms with E-state index in [0.29, 0.717) is 114 Å². The summed E-state index contributed by atoms with van der Waals surface area (Å²) >= 11 is 20.1. The summed E-state index contributed by atoms with van der Waals surface area (Å²) < 4.78 is 102. The van der Waals surface area contributed by atoms with Gasteiger partial charge in [-0.2, -0.15) is 37.9 Å². The minimum Gasteiger partial charge on any atom is -0.813 e. The molecule has 21 atom stereocenters. The van der Waals surface area contributed by atoms with Gasteiger partial charge >= 0.3 is 49.4 Å². The van der Waals surface area contributed by atoms with Crippen LogP contribution >= 0.6 is 123 Å². The maximum absolute atomic E-state index is 15.3. The molecule has 0 bridgehead atoms. The molecule has 8 fully saturated rings. The Bertz CT molecular complexity index is 5850. The van der Waals surface area contributed by atoms with E-state index < -0.39 is 0 Å². The molecule has 0 amide bonds. The number of methoxy groups -OCH3 is 1. The Kier molecular flexibility index (Phi) is 49.5. The van der Waals surface area contributed by atoms with Gasteiger partial charge in [-0.15, -0.1) is 0 Å². The number of rotatable bonds is 19. The van der Waals surface area contributed by atoms with Crippen LogP contribution in [0.25, 0.3) is 43.6 Å². The summed E-state index contributed by atoms with van der Waals surface area (Å²) in [5, 5.41) is 2.43. The Morgan fingerprint density at radius 1 is 0.411 bits per heavy atom. The summed E-state index contributed by atoms with van der Waals surface area (Å²) in [4.78, 5) is 13.5. The number of benzene rings is 8. The second kappa shape index (κ2) is 57.4. The summed E-state index contributed by atoms with van der Waals surface area (Å²) in [6.07, 6.45) is 24.9. The van der Waals surface area contributed by atoms with Gasteiger partial charge < -0.3 is 68.9 Å². The molecule has 12 aromatic rings. The maximum Gasteiger partial charge on any atom is 0 e. The van der Waals surface area contributed by atoms with Crippen molar-refractivity contribution < 1.29 is 74.1 Å². The smallest absolute Gasteiger partial charge is 0 e. The van der Waals surface area contributed by atoms with E-state index in [4.69, 9.17) is 23.7 Å². The molecule has 20 rings (SSSR count). The molecule has 4 aromatic heterocycles. The summed E-state index contributed by atoms with van der Waals surface area (Å²) in [5.74, 6) is 7.44. The van der Waals surface area contributed by atoms with Crippen molar-refractivity contribution in [2.75, 3.05) is 20.9 Å². The number of alkyl halides is 2. The molecular weight excluding hydrogens is 2390 g/mol. The number of aryl methyl sites for hydroxylation is 1. The van der Waals surface area contributed by atoms with Crippen molar-refractivity contribution in [3.8, 4) is 0 Å². The molecule has 4 saturated heterocycles. The number of ether oxygens (including phenoxy) is 5. The molecule has 141 heavy (non-hydrogen) atoms. The Morgan fingerprint density at radius 3 is 1.10 bits per heavy atom. The van der Waals surface area contributed by atoms with Crippen molar-refractivity contribution in [2.45, 2.75) is 280 Å². The Hall–Kier alpha value is -3.05. The monoisotopic (exact) mass is 2540 g/mol. The van der Waals surface area contributed by atoms with Crippen molar-refractivity contribution in [3.63, 3.8) is 0 Å². The van der Waals surface area contributed by atoms with Crippen LogP contribution in [0, 0.1) is 101 Å². The van der Waals surface area contributed by atoms with Crippen LogP contribution in [0.3, 0.4) is 0 Å². The van der Waals surface area contributed by atoms with Gasteiger partial charge in [0, 0.05) is 114 Å². The van der Waals surface area contributed by atoms with Gasteiger partial charge in [-0.1, -0.05) is 283 Å². The second-order valence-corrected chi connectivity index (χ2v) is 56.3. The van der Waals surface area contributed by atoms with E-state index in [2.05, 4.69) is 340 Å². The van der Waals surface area contributed by atoms with Gasteiger partial charge in [0.05, 0.1) is 52.0 Å². The molecule has 8 heterocycles. The van der Waals surface area contributed by atoms with Gasteiger partial charge in [0.15, 0.2) is 5.78 Å². The molecule has 1 radical (unpaired) electrons. The van der Waals surface area contributed by atoms with E-state index in [9.17, 15) is 9.18 Å². The maximum atomic E-state index is 15.3. The number of fused-ring (bicyclic) bond motifs is 4.